The molecule has 12 heavy (non-hydrogen) atoms. The number of rotatable bonds is 2. The minimum Gasteiger partial charge on any atom is -0.388 e. The van der Waals surface area contributed by atoms with Crippen LogP contribution in [0, 0.1) is 5.92 Å². The summed E-state index contributed by atoms with van der Waals surface area (Å²) in [4.78, 5) is 4.07. The fourth-order valence-electron chi connectivity index (χ4n) is 1.25. The lowest BCUT2D eigenvalue weighted by atomic mass is 10.1. The number of nitrogens with zero attached hydrogens (tertiary/aromatic N) is 1. The number of aliphatic hydroxyl groups excluding tert-OH is 1. The number of hydrogen-bond donors (Lipinski definition) is 1. The van der Waals surface area contributed by atoms with Crippen molar-refractivity contribution >= 4 is 15.9 Å². The third-order valence-electron chi connectivity index (χ3n) is 2.16. The van der Waals surface area contributed by atoms with Crippen molar-refractivity contribution in [3.8, 4) is 0 Å². The smallest absolute Gasteiger partial charge is 0.106 e. The van der Waals surface area contributed by atoms with Crippen LogP contribution in [0.25, 0.3) is 0 Å². The minimum atomic E-state index is -0.300. The van der Waals surface area contributed by atoms with E-state index in [4.69, 9.17) is 0 Å². The van der Waals surface area contributed by atoms with E-state index in [0.717, 1.165) is 23.0 Å². The van der Waals surface area contributed by atoms with Crippen molar-refractivity contribution in [1.82, 2.24) is 4.98 Å². The molecule has 1 unspecified atom stereocenters. The van der Waals surface area contributed by atoms with E-state index in [2.05, 4.69) is 20.9 Å². The van der Waals surface area contributed by atoms with Gasteiger partial charge in [-0.2, -0.15) is 0 Å². The molecular weight excluding hydrogens is 218 g/mol. The Balaban J connectivity index is 2.16. The second-order valence-electron chi connectivity index (χ2n) is 3.20. The molecule has 0 bridgehead atoms. The van der Waals surface area contributed by atoms with Gasteiger partial charge in [0.1, 0.15) is 4.60 Å². The standard InChI is InChI=1S/C9H10BrNO/c10-8-4-3-7(5-11-8)9(12)6-1-2-6/h3-6,9,12H,1-2H2. The predicted molar refractivity (Wildman–Crippen MR) is 49.6 cm³/mol. The van der Waals surface area contributed by atoms with Crippen molar-refractivity contribution in [1.29, 1.82) is 0 Å². The number of pyridine rings is 1. The summed E-state index contributed by atoms with van der Waals surface area (Å²) in [6, 6.07) is 3.78. The molecule has 1 N–H and O–H groups in total. The first-order valence-electron chi connectivity index (χ1n) is 4.07. The average Bonchev–Trinajstić information content (AvgIpc) is 2.87. The Labute approximate surface area is 79.8 Å². The molecule has 1 atom stereocenters. The molecule has 1 saturated carbocycles. The molecule has 1 aromatic heterocycles. The summed E-state index contributed by atoms with van der Waals surface area (Å²) in [5, 5.41) is 9.70. The predicted octanol–water partition coefficient (Wildman–Crippen LogP) is 2.29. The number of aliphatic hydroxyl groups is 1. The molecule has 2 rings (SSSR count). The van der Waals surface area contributed by atoms with E-state index < -0.39 is 0 Å². The van der Waals surface area contributed by atoms with Crippen LogP contribution < -0.4 is 0 Å². The second-order valence-corrected chi connectivity index (χ2v) is 4.01. The molecule has 0 saturated heterocycles. The maximum Gasteiger partial charge on any atom is 0.106 e. The van der Waals surface area contributed by atoms with E-state index in [1.807, 2.05) is 12.1 Å². The normalized spacial score (nSPS) is 19.2. The zero-order chi connectivity index (χ0) is 8.55. The van der Waals surface area contributed by atoms with Gasteiger partial charge in [0.05, 0.1) is 6.10 Å². The Morgan fingerprint density at radius 2 is 2.25 bits per heavy atom. The number of aromatic nitrogens is 1. The van der Waals surface area contributed by atoms with Crippen LogP contribution >= 0.6 is 15.9 Å². The molecule has 0 radical (unpaired) electrons. The highest BCUT2D eigenvalue weighted by molar-refractivity contribution is 9.10. The zero-order valence-electron chi connectivity index (χ0n) is 6.57. The van der Waals surface area contributed by atoms with Crippen molar-refractivity contribution in [3.05, 3.63) is 28.5 Å². The molecule has 1 fully saturated rings. The Morgan fingerprint density at radius 3 is 2.75 bits per heavy atom. The molecule has 1 aromatic rings. The zero-order valence-corrected chi connectivity index (χ0v) is 8.16. The molecule has 2 nitrogen and oxygen atoms in total. The van der Waals surface area contributed by atoms with E-state index in [0.29, 0.717) is 5.92 Å². The summed E-state index contributed by atoms with van der Waals surface area (Å²) in [5.74, 6) is 0.480. The Kier molecular flexibility index (Phi) is 2.15. The van der Waals surface area contributed by atoms with E-state index >= 15 is 0 Å². The Morgan fingerprint density at radius 1 is 1.50 bits per heavy atom. The largest absolute Gasteiger partial charge is 0.388 e. The molecule has 3 heteroatoms. The lowest BCUT2D eigenvalue weighted by molar-refractivity contribution is 0.153. The van der Waals surface area contributed by atoms with Gasteiger partial charge in [-0.1, -0.05) is 6.07 Å². The van der Waals surface area contributed by atoms with E-state index in [-0.39, 0.29) is 6.10 Å². The SMILES string of the molecule is OC(c1ccc(Br)nc1)C1CC1. The molecule has 0 amide bonds. The van der Waals surface area contributed by atoms with Gasteiger partial charge in [-0.25, -0.2) is 4.98 Å². The number of halogens is 1. The highest BCUT2D eigenvalue weighted by Crippen LogP contribution is 2.40. The topological polar surface area (TPSA) is 33.1 Å². The van der Waals surface area contributed by atoms with Crippen LogP contribution in [0.5, 0.6) is 0 Å². The van der Waals surface area contributed by atoms with Gasteiger partial charge < -0.3 is 5.11 Å². The summed E-state index contributed by atoms with van der Waals surface area (Å²) >= 11 is 3.25. The van der Waals surface area contributed by atoms with Gasteiger partial charge in [-0.3, -0.25) is 0 Å². The Hall–Kier alpha value is -0.410. The van der Waals surface area contributed by atoms with E-state index in [1.165, 1.54) is 0 Å². The summed E-state index contributed by atoms with van der Waals surface area (Å²) in [6.45, 7) is 0. The third-order valence-corrected chi connectivity index (χ3v) is 2.63. The van der Waals surface area contributed by atoms with Crippen LogP contribution in [0.4, 0.5) is 0 Å². The molecule has 64 valence electrons. The van der Waals surface area contributed by atoms with Gasteiger partial charge in [-0.05, 0) is 46.3 Å². The maximum absolute atomic E-state index is 9.70. The molecular formula is C9H10BrNO. The van der Waals surface area contributed by atoms with Gasteiger partial charge in [0.25, 0.3) is 0 Å². The summed E-state index contributed by atoms with van der Waals surface area (Å²) < 4.78 is 0.814. The summed E-state index contributed by atoms with van der Waals surface area (Å²) in [5.41, 5.74) is 0.931. The fraction of sp³-hybridized carbons (Fsp3) is 0.444. The van der Waals surface area contributed by atoms with Crippen LogP contribution in [0.1, 0.15) is 24.5 Å². The maximum atomic E-state index is 9.70. The van der Waals surface area contributed by atoms with Gasteiger partial charge in [0, 0.05) is 6.20 Å². The summed E-state index contributed by atoms with van der Waals surface area (Å²) in [7, 11) is 0. The van der Waals surface area contributed by atoms with Gasteiger partial charge in [-0.15, -0.1) is 0 Å². The van der Waals surface area contributed by atoms with Gasteiger partial charge in [0.2, 0.25) is 0 Å². The van der Waals surface area contributed by atoms with E-state index in [1.54, 1.807) is 6.20 Å². The van der Waals surface area contributed by atoms with Crippen LogP contribution in [0.3, 0.4) is 0 Å². The molecule has 0 spiro atoms. The molecule has 0 aliphatic heterocycles. The van der Waals surface area contributed by atoms with Crippen LogP contribution in [-0.4, -0.2) is 10.1 Å². The fourth-order valence-corrected chi connectivity index (χ4v) is 1.48. The minimum absolute atomic E-state index is 0.300. The third kappa shape index (κ3) is 1.67. The van der Waals surface area contributed by atoms with Crippen molar-refractivity contribution in [2.75, 3.05) is 0 Å². The first kappa shape index (κ1) is 8.20. The number of hydrogen-bond acceptors (Lipinski definition) is 2. The van der Waals surface area contributed by atoms with Crippen LogP contribution in [0.15, 0.2) is 22.9 Å². The Bertz CT molecular complexity index is 268. The highest BCUT2D eigenvalue weighted by Gasteiger charge is 2.30. The van der Waals surface area contributed by atoms with Crippen molar-refractivity contribution < 1.29 is 5.11 Å². The summed E-state index contributed by atoms with van der Waals surface area (Å²) in [6.07, 6.45) is 3.73. The van der Waals surface area contributed by atoms with E-state index in [9.17, 15) is 5.11 Å². The second kappa shape index (κ2) is 3.15. The highest BCUT2D eigenvalue weighted by atomic mass is 79.9. The quantitative estimate of drug-likeness (QED) is 0.787. The van der Waals surface area contributed by atoms with Crippen molar-refractivity contribution in [2.45, 2.75) is 18.9 Å². The monoisotopic (exact) mass is 227 g/mol. The van der Waals surface area contributed by atoms with Gasteiger partial charge >= 0.3 is 0 Å². The lowest BCUT2D eigenvalue weighted by Gasteiger charge is -2.07. The molecule has 1 heterocycles. The van der Waals surface area contributed by atoms with Gasteiger partial charge in [0.15, 0.2) is 0 Å². The lowest BCUT2D eigenvalue weighted by Crippen LogP contribution is -1.99. The first-order valence-corrected chi connectivity index (χ1v) is 4.86. The average molecular weight is 228 g/mol. The van der Waals surface area contributed by atoms with Crippen molar-refractivity contribution in [2.24, 2.45) is 5.92 Å². The first-order chi connectivity index (χ1) is 5.77. The molecule has 0 aromatic carbocycles. The molecule has 1 aliphatic carbocycles. The van der Waals surface area contributed by atoms with Crippen molar-refractivity contribution in [3.63, 3.8) is 0 Å². The van der Waals surface area contributed by atoms with Crippen LogP contribution in [0.2, 0.25) is 0 Å². The van der Waals surface area contributed by atoms with Crippen LogP contribution in [-0.2, 0) is 0 Å². The molecule has 1 aliphatic rings.